The number of nitriles is 1. The smallest absolute Gasteiger partial charge is 0.119 e. The third-order valence-electron chi connectivity index (χ3n) is 3.51. The number of hydrogen-bond acceptors (Lipinski definition) is 4. The minimum Gasteiger partial charge on any atom is -0.491 e. The van der Waals surface area contributed by atoms with E-state index in [1.54, 1.807) is 0 Å². The van der Waals surface area contributed by atoms with Gasteiger partial charge in [0.15, 0.2) is 0 Å². The zero-order valence-corrected chi connectivity index (χ0v) is 12.3. The van der Waals surface area contributed by atoms with Crippen molar-refractivity contribution in [1.29, 1.82) is 5.26 Å². The lowest BCUT2D eigenvalue weighted by molar-refractivity contribution is 0.175. The summed E-state index contributed by atoms with van der Waals surface area (Å²) in [5.74, 6) is 0.889. The van der Waals surface area contributed by atoms with Gasteiger partial charge in [-0.25, -0.2) is 0 Å². The number of rotatable bonds is 5. The van der Waals surface area contributed by atoms with Gasteiger partial charge in [-0.1, -0.05) is 12.1 Å². The lowest BCUT2D eigenvalue weighted by atomic mass is 10.0. The van der Waals surface area contributed by atoms with Crippen LogP contribution in [0.1, 0.15) is 31.9 Å². The molecular weight excluding hydrogens is 250 g/mol. The van der Waals surface area contributed by atoms with Gasteiger partial charge in [0.2, 0.25) is 0 Å². The van der Waals surface area contributed by atoms with Gasteiger partial charge in [-0.2, -0.15) is 5.26 Å². The molecule has 0 unspecified atom stereocenters. The molecule has 1 aliphatic heterocycles. The molecule has 0 bridgehead atoms. The SMILES string of the molecule is CC(C)Oc1ccc([C@@H](CC#N)N2CCNCC2)cc1. The average Bonchev–Trinajstić information content (AvgIpc) is 2.46. The van der Waals surface area contributed by atoms with Gasteiger partial charge in [-0.3, -0.25) is 4.90 Å². The summed E-state index contributed by atoms with van der Waals surface area (Å²) in [5.41, 5.74) is 1.20. The maximum Gasteiger partial charge on any atom is 0.119 e. The fourth-order valence-corrected chi connectivity index (χ4v) is 2.58. The average molecular weight is 273 g/mol. The number of benzene rings is 1. The largest absolute Gasteiger partial charge is 0.491 e. The van der Waals surface area contributed by atoms with Crippen molar-refractivity contribution in [3.8, 4) is 11.8 Å². The van der Waals surface area contributed by atoms with E-state index >= 15 is 0 Å². The first-order valence-electron chi connectivity index (χ1n) is 7.29. The predicted octanol–water partition coefficient (Wildman–Crippen LogP) is 2.33. The summed E-state index contributed by atoms with van der Waals surface area (Å²) in [6.07, 6.45) is 0.716. The molecule has 1 atom stereocenters. The molecule has 1 saturated heterocycles. The fraction of sp³-hybridized carbons (Fsp3) is 0.562. The maximum atomic E-state index is 9.09. The van der Waals surface area contributed by atoms with Crippen LogP contribution >= 0.6 is 0 Å². The van der Waals surface area contributed by atoms with E-state index < -0.39 is 0 Å². The van der Waals surface area contributed by atoms with E-state index in [1.807, 2.05) is 26.0 Å². The quantitative estimate of drug-likeness (QED) is 0.894. The first-order valence-corrected chi connectivity index (χ1v) is 7.29. The number of nitrogens with one attached hydrogen (secondary N) is 1. The van der Waals surface area contributed by atoms with E-state index in [-0.39, 0.29) is 12.1 Å². The van der Waals surface area contributed by atoms with Gasteiger partial charge in [0.1, 0.15) is 5.75 Å². The minimum absolute atomic E-state index is 0.184. The Labute approximate surface area is 121 Å². The number of piperazine rings is 1. The van der Waals surface area contributed by atoms with Gasteiger partial charge < -0.3 is 10.1 Å². The Kier molecular flexibility index (Phi) is 5.40. The number of hydrogen-bond donors (Lipinski definition) is 1. The van der Waals surface area contributed by atoms with Crippen molar-refractivity contribution >= 4 is 0 Å². The van der Waals surface area contributed by atoms with Crippen molar-refractivity contribution in [2.45, 2.75) is 32.4 Å². The van der Waals surface area contributed by atoms with Crippen LogP contribution in [-0.2, 0) is 0 Å². The summed E-state index contributed by atoms with van der Waals surface area (Å²) < 4.78 is 5.67. The van der Waals surface area contributed by atoms with Crippen LogP contribution in [0.2, 0.25) is 0 Å². The predicted molar refractivity (Wildman–Crippen MR) is 79.6 cm³/mol. The fourth-order valence-electron chi connectivity index (χ4n) is 2.58. The third-order valence-corrected chi connectivity index (χ3v) is 3.51. The van der Waals surface area contributed by atoms with E-state index in [9.17, 15) is 0 Å². The molecule has 1 aromatic carbocycles. The first kappa shape index (κ1) is 14.8. The molecule has 20 heavy (non-hydrogen) atoms. The Balaban J connectivity index is 2.10. The van der Waals surface area contributed by atoms with Crippen LogP contribution in [0.25, 0.3) is 0 Å². The highest BCUT2D eigenvalue weighted by Crippen LogP contribution is 2.26. The molecule has 0 aromatic heterocycles. The summed E-state index contributed by atoms with van der Waals surface area (Å²) in [4.78, 5) is 2.39. The van der Waals surface area contributed by atoms with Gasteiger partial charge in [0, 0.05) is 32.2 Å². The molecule has 0 aliphatic carbocycles. The van der Waals surface area contributed by atoms with E-state index in [0.717, 1.165) is 31.9 Å². The summed E-state index contributed by atoms with van der Waals surface area (Å²) in [5, 5.41) is 12.4. The molecule has 1 fully saturated rings. The van der Waals surface area contributed by atoms with Gasteiger partial charge in [-0.15, -0.1) is 0 Å². The topological polar surface area (TPSA) is 48.3 Å². The van der Waals surface area contributed by atoms with Crippen molar-refractivity contribution in [3.05, 3.63) is 29.8 Å². The van der Waals surface area contributed by atoms with Gasteiger partial charge in [-0.05, 0) is 31.5 Å². The molecule has 1 N–H and O–H groups in total. The molecule has 4 heteroatoms. The lowest BCUT2D eigenvalue weighted by Gasteiger charge is -2.34. The molecule has 2 rings (SSSR count). The van der Waals surface area contributed by atoms with Crippen LogP contribution in [0.15, 0.2) is 24.3 Å². The summed E-state index contributed by atoms with van der Waals surface area (Å²) in [6, 6.07) is 10.7. The number of ether oxygens (including phenoxy) is 1. The molecule has 0 saturated carbocycles. The molecule has 1 aliphatic rings. The summed E-state index contributed by atoms with van der Waals surface area (Å²) >= 11 is 0. The minimum atomic E-state index is 0.184. The summed E-state index contributed by atoms with van der Waals surface area (Å²) in [7, 11) is 0. The van der Waals surface area contributed by atoms with E-state index in [1.165, 1.54) is 5.56 Å². The van der Waals surface area contributed by atoms with E-state index in [4.69, 9.17) is 10.00 Å². The van der Waals surface area contributed by atoms with Crippen LogP contribution in [0.3, 0.4) is 0 Å². The van der Waals surface area contributed by atoms with Gasteiger partial charge in [0.25, 0.3) is 0 Å². The van der Waals surface area contributed by atoms with Gasteiger partial charge in [0.05, 0.1) is 18.6 Å². The molecule has 108 valence electrons. The molecule has 1 aromatic rings. The Bertz CT molecular complexity index is 444. The van der Waals surface area contributed by atoms with E-state index in [0.29, 0.717) is 6.42 Å². The van der Waals surface area contributed by atoms with Crippen LogP contribution in [0.4, 0.5) is 0 Å². The molecule has 0 amide bonds. The van der Waals surface area contributed by atoms with Crippen molar-refractivity contribution in [3.63, 3.8) is 0 Å². The second kappa shape index (κ2) is 7.28. The first-order chi connectivity index (χ1) is 9.70. The Morgan fingerprint density at radius 1 is 1.25 bits per heavy atom. The number of nitrogens with zero attached hydrogens (tertiary/aromatic N) is 2. The Morgan fingerprint density at radius 2 is 1.90 bits per heavy atom. The van der Waals surface area contributed by atoms with Crippen LogP contribution in [-0.4, -0.2) is 37.2 Å². The highest BCUT2D eigenvalue weighted by atomic mass is 16.5. The summed E-state index contributed by atoms with van der Waals surface area (Å²) in [6.45, 7) is 8.03. The normalized spacial score (nSPS) is 17.7. The third kappa shape index (κ3) is 3.96. The highest BCUT2D eigenvalue weighted by molar-refractivity contribution is 5.30. The Hall–Kier alpha value is -1.57. The van der Waals surface area contributed by atoms with Gasteiger partial charge >= 0.3 is 0 Å². The Morgan fingerprint density at radius 3 is 2.45 bits per heavy atom. The second-order valence-electron chi connectivity index (χ2n) is 5.40. The van der Waals surface area contributed by atoms with Crippen LogP contribution < -0.4 is 10.1 Å². The second-order valence-corrected chi connectivity index (χ2v) is 5.40. The molecule has 4 nitrogen and oxygen atoms in total. The lowest BCUT2D eigenvalue weighted by Crippen LogP contribution is -2.45. The molecule has 0 radical (unpaired) electrons. The van der Waals surface area contributed by atoms with Crippen LogP contribution in [0.5, 0.6) is 5.75 Å². The maximum absolute atomic E-state index is 9.09. The van der Waals surface area contributed by atoms with Crippen LogP contribution in [0, 0.1) is 11.3 Å². The standard InChI is InChI=1S/C16H23N3O/c1-13(2)20-15-5-3-14(4-6-15)16(7-8-17)19-11-9-18-10-12-19/h3-6,13,16,18H,7,9-12H2,1-2H3/t16-/m1/s1. The molecule has 0 spiro atoms. The van der Waals surface area contributed by atoms with Crippen molar-refractivity contribution in [2.24, 2.45) is 0 Å². The van der Waals surface area contributed by atoms with Crippen molar-refractivity contribution in [2.75, 3.05) is 26.2 Å². The zero-order chi connectivity index (χ0) is 14.4. The van der Waals surface area contributed by atoms with E-state index in [2.05, 4.69) is 28.4 Å². The monoisotopic (exact) mass is 273 g/mol. The molecule has 1 heterocycles. The van der Waals surface area contributed by atoms with Crippen molar-refractivity contribution < 1.29 is 4.74 Å². The highest BCUT2D eigenvalue weighted by Gasteiger charge is 2.21. The van der Waals surface area contributed by atoms with Crippen molar-refractivity contribution in [1.82, 2.24) is 10.2 Å². The molecular formula is C16H23N3O. The zero-order valence-electron chi connectivity index (χ0n) is 12.3.